The fourth-order valence-corrected chi connectivity index (χ4v) is 1.91. The Morgan fingerprint density at radius 3 is 2.61 bits per heavy atom. The molecule has 0 aliphatic heterocycles. The zero-order valence-corrected chi connectivity index (χ0v) is 12.2. The van der Waals surface area contributed by atoms with Gasteiger partial charge < -0.3 is 4.74 Å². The normalized spacial score (nSPS) is 10.4. The van der Waals surface area contributed by atoms with Gasteiger partial charge >= 0.3 is 0 Å². The summed E-state index contributed by atoms with van der Waals surface area (Å²) in [6, 6.07) is 9.15. The van der Waals surface area contributed by atoms with Crippen LogP contribution >= 0.6 is 27.5 Å². The topological polar surface area (TPSA) is 35.0 Å². The zero-order valence-electron chi connectivity index (χ0n) is 9.86. The molecule has 0 saturated heterocycles. The highest BCUT2D eigenvalue weighted by molar-refractivity contribution is 9.10. The molecule has 0 bridgehead atoms. The third-order valence-corrected chi connectivity index (χ3v) is 2.95. The van der Waals surface area contributed by atoms with E-state index in [1.165, 1.54) is 0 Å². The predicted octanol–water partition coefficient (Wildman–Crippen LogP) is 4.64. The monoisotopic (exact) mass is 326 g/mol. The first-order valence-electron chi connectivity index (χ1n) is 5.64. The summed E-state index contributed by atoms with van der Waals surface area (Å²) in [6.45, 7) is 2.07. The van der Waals surface area contributed by atoms with E-state index in [1.807, 2.05) is 24.3 Å². The maximum Gasteiger partial charge on any atom is 0.224 e. The molecule has 0 atom stereocenters. The summed E-state index contributed by atoms with van der Waals surface area (Å²) in [5.74, 6) is 1.90. The Kier molecular flexibility index (Phi) is 4.55. The molecular weight excluding hydrogens is 316 g/mol. The van der Waals surface area contributed by atoms with Crippen molar-refractivity contribution >= 4 is 27.5 Å². The minimum absolute atomic E-state index is 0.403. The number of aryl methyl sites for hydroxylation is 1. The fourth-order valence-electron chi connectivity index (χ4n) is 1.45. The third-order valence-electron chi connectivity index (χ3n) is 2.23. The number of hydrogen-bond donors (Lipinski definition) is 0. The van der Waals surface area contributed by atoms with Crippen molar-refractivity contribution in [3.63, 3.8) is 0 Å². The maximum atomic E-state index is 5.94. The molecular formula is C13H12BrClN2O. The lowest BCUT2D eigenvalue weighted by Gasteiger charge is -2.06. The summed E-state index contributed by atoms with van der Waals surface area (Å²) in [4.78, 5) is 8.46. The second-order valence-corrected chi connectivity index (χ2v) is 5.05. The van der Waals surface area contributed by atoms with Gasteiger partial charge in [0.05, 0.1) is 0 Å². The van der Waals surface area contributed by atoms with Gasteiger partial charge in [-0.25, -0.2) is 4.98 Å². The molecule has 5 heteroatoms. The van der Waals surface area contributed by atoms with Crippen molar-refractivity contribution in [2.45, 2.75) is 19.8 Å². The van der Waals surface area contributed by atoms with Crippen LogP contribution in [0.15, 0.2) is 34.8 Å². The van der Waals surface area contributed by atoms with Gasteiger partial charge in [0.1, 0.15) is 16.7 Å². The van der Waals surface area contributed by atoms with E-state index >= 15 is 0 Å². The van der Waals surface area contributed by atoms with Gasteiger partial charge in [-0.3, -0.25) is 0 Å². The molecule has 0 N–H and O–H groups in total. The van der Waals surface area contributed by atoms with Gasteiger partial charge in [-0.15, -0.1) is 0 Å². The molecule has 3 nitrogen and oxygen atoms in total. The van der Waals surface area contributed by atoms with Gasteiger partial charge in [-0.05, 0) is 30.7 Å². The number of rotatable bonds is 4. The second-order valence-electron chi connectivity index (χ2n) is 3.75. The fraction of sp³-hybridized carbons (Fsp3) is 0.231. The maximum absolute atomic E-state index is 5.94. The Hall–Kier alpha value is -1.13. The first-order chi connectivity index (χ1) is 8.67. The van der Waals surface area contributed by atoms with E-state index in [0.717, 1.165) is 23.1 Å². The van der Waals surface area contributed by atoms with E-state index < -0.39 is 0 Å². The number of hydrogen-bond acceptors (Lipinski definition) is 3. The second kappa shape index (κ2) is 6.16. The smallest absolute Gasteiger partial charge is 0.224 e. The highest BCUT2D eigenvalue weighted by atomic mass is 79.9. The Labute approximate surface area is 119 Å². The summed E-state index contributed by atoms with van der Waals surface area (Å²) in [7, 11) is 0. The number of benzene rings is 1. The standard InChI is InChI=1S/C13H12BrClN2O/c1-2-3-12-16-11(15)8-13(17-12)18-10-6-4-9(14)5-7-10/h4-8H,2-3H2,1H3. The molecule has 1 heterocycles. The first-order valence-corrected chi connectivity index (χ1v) is 6.81. The number of aromatic nitrogens is 2. The summed E-state index contributed by atoms with van der Waals surface area (Å²) < 4.78 is 6.65. The van der Waals surface area contributed by atoms with Crippen LogP contribution in [0, 0.1) is 0 Å². The molecule has 0 aliphatic carbocycles. The van der Waals surface area contributed by atoms with Crippen LogP contribution in [0.1, 0.15) is 19.2 Å². The van der Waals surface area contributed by atoms with Crippen LogP contribution in [0.5, 0.6) is 11.6 Å². The van der Waals surface area contributed by atoms with Gasteiger partial charge in [-0.2, -0.15) is 4.98 Å². The average Bonchev–Trinajstić information content (AvgIpc) is 2.32. The van der Waals surface area contributed by atoms with Crippen molar-refractivity contribution < 1.29 is 4.74 Å². The van der Waals surface area contributed by atoms with Crippen LogP contribution in [0.4, 0.5) is 0 Å². The first kappa shape index (κ1) is 13.3. The highest BCUT2D eigenvalue weighted by Gasteiger charge is 2.05. The molecule has 2 aromatic rings. The lowest BCUT2D eigenvalue weighted by Crippen LogP contribution is -1.97. The number of ether oxygens (including phenoxy) is 1. The van der Waals surface area contributed by atoms with E-state index in [-0.39, 0.29) is 0 Å². The van der Waals surface area contributed by atoms with E-state index in [1.54, 1.807) is 6.07 Å². The Bertz CT molecular complexity index is 531. The highest BCUT2D eigenvalue weighted by Crippen LogP contribution is 2.23. The van der Waals surface area contributed by atoms with E-state index in [9.17, 15) is 0 Å². The van der Waals surface area contributed by atoms with Crippen molar-refractivity contribution in [1.29, 1.82) is 0 Å². The van der Waals surface area contributed by atoms with Crippen molar-refractivity contribution in [3.8, 4) is 11.6 Å². The van der Waals surface area contributed by atoms with Gasteiger partial charge in [0, 0.05) is 17.0 Å². The Balaban J connectivity index is 2.20. The molecule has 2 rings (SSSR count). The van der Waals surface area contributed by atoms with Crippen LogP contribution in [-0.2, 0) is 6.42 Å². The molecule has 0 aliphatic rings. The Morgan fingerprint density at radius 2 is 1.94 bits per heavy atom. The van der Waals surface area contributed by atoms with Gasteiger partial charge in [0.25, 0.3) is 0 Å². The lowest BCUT2D eigenvalue weighted by molar-refractivity contribution is 0.458. The largest absolute Gasteiger partial charge is 0.439 e. The van der Waals surface area contributed by atoms with Crippen molar-refractivity contribution in [3.05, 3.63) is 45.8 Å². The lowest BCUT2D eigenvalue weighted by atomic mass is 10.3. The molecule has 1 aromatic heterocycles. The molecule has 0 saturated carbocycles. The average molecular weight is 328 g/mol. The zero-order chi connectivity index (χ0) is 13.0. The summed E-state index contributed by atoms with van der Waals surface area (Å²) in [6.07, 6.45) is 1.76. The quantitative estimate of drug-likeness (QED) is 0.767. The van der Waals surface area contributed by atoms with Crippen molar-refractivity contribution in [2.75, 3.05) is 0 Å². The Morgan fingerprint density at radius 1 is 1.22 bits per heavy atom. The predicted molar refractivity (Wildman–Crippen MR) is 75.3 cm³/mol. The molecule has 0 spiro atoms. The van der Waals surface area contributed by atoms with Crippen molar-refractivity contribution in [2.24, 2.45) is 0 Å². The minimum Gasteiger partial charge on any atom is -0.439 e. The third kappa shape index (κ3) is 3.68. The SMILES string of the molecule is CCCc1nc(Cl)cc(Oc2ccc(Br)cc2)n1. The van der Waals surface area contributed by atoms with E-state index in [2.05, 4.69) is 32.8 Å². The van der Waals surface area contributed by atoms with Crippen LogP contribution < -0.4 is 4.74 Å². The molecule has 1 aromatic carbocycles. The van der Waals surface area contributed by atoms with Crippen molar-refractivity contribution in [1.82, 2.24) is 9.97 Å². The van der Waals surface area contributed by atoms with Crippen LogP contribution in [0.3, 0.4) is 0 Å². The number of nitrogens with zero attached hydrogens (tertiary/aromatic N) is 2. The summed E-state index contributed by atoms with van der Waals surface area (Å²) >= 11 is 9.31. The van der Waals surface area contributed by atoms with E-state index in [0.29, 0.717) is 16.9 Å². The minimum atomic E-state index is 0.403. The number of halogens is 2. The molecule has 0 amide bonds. The van der Waals surface area contributed by atoms with Gasteiger partial charge in [-0.1, -0.05) is 34.5 Å². The van der Waals surface area contributed by atoms with Gasteiger partial charge in [0.2, 0.25) is 5.88 Å². The van der Waals surface area contributed by atoms with Crippen LogP contribution in [0.2, 0.25) is 5.15 Å². The summed E-state index contributed by atoms with van der Waals surface area (Å²) in [5.41, 5.74) is 0. The summed E-state index contributed by atoms with van der Waals surface area (Å²) in [5, 5.41) is 0.403. The molecule has 0 fully saturated rings. The molecule has 18 heavy (non-hydrogen) atoms. The van der Waals surface area contributed by atoms with E-state index in [4.69, 9.17) is 16.3 Å². The van der Waals surface area contributed by atoms with Gasteiger partial charge in [0.15, 0.2) is 0 Å². The molecule has 0 unspecified atom stereocenters. The van der Waals surface area contributed by atoms with Crippen LogP contribution in [0.25, 0.3) is 0 Å². The molecule has 0 radical (unpaired) electrons. The molecule has 94 valence electrons. The van der Waals surface area contributed by atoms with Crippen LogP contribution in [-0.4, -0.2) is 9.97 Å².